The Bertz CT molecular complexity index is 792. The summed E-state index contributed by atoms with van der Waals surface area (Å²) in [5.41, 5.74) is -0.912. The zero-order valence-electron chi connectivity index (χ0n) is 13.9. The summed E-state index contributed by atoms with van der Waals surface area (Å²) in [7, 11) is 1.57. The van der Waals surface area contributed by atoms with Crippen LogP contribution in [0.1, 0.15) is 38.4 Å². The molecule has 0 radical (unpaired) electrons. The third-order valence-electron chi connectivity index (χ3n) is 4.65. The summed E-state index contributed by atoms with van der Waals surface area (Å²) in [5.74, 6) is 0.992. The first kappa shape index (κ1) is 16.1. The third-order valence-corrected chi connectivity index (χ3v) is 4.65. The van der Waals surface area contributed by atoms with Gasteiger partial charge in [-0.3, -0.25) is 4.79 Å². The van der Waals surface area contributed by atoms with Gasteiger partial charge in [-0.1, -0.05) is 26.0 Å². The lowest BCUT2D eigenvalue weighted by Crippen LogP contribution is -2.32. The fourth-order valence-corrected chi connectivity index (χ4v) is 3.52. The zero-order chi connectivity index (χ0) is 17.5. The van der Waals surface area contributed by atoms with Crippen LogP contribution in [0.2, 0.25) is 0 Å². The van der Waals surface area contributed by atoms with Crippen molar-refractivity contribution >= 4 is 5.78 Å². The molecule has 122 valence electrons. The maximum absolute atomic E-state index is 12.6. The Morgan fingerprint density at radius 2 is 1.79 bits per heavy atom. The Morgan fingerprint density at radius 3 is 2.33 bits per heavy atom. The summed E-state index contributed by atoms with van der Waals surface area (Å²) in [6, 6.07) is 11.2. The van der Waals surface area contributed by atoms with Crippen molar-refractivity contribution < 1.29 is 14.3 Å². The van der Waals surface area contributed by atoms with E-state index in [-0.39, 0.29) is 16.8 Å². The lowest BCUT2D eigenvalue weighted by Gasteiger charge is -2.29. The van der Waals surface area contributed by atoms with Gasteiger partial charge in [-0.25, -0.2) is 0 Å². The van der Waals surface area contributed by atoms with Crippen molar-refractivity contribution in [1.29, 1.82) is 10.5 Å². The number of Topliss-reactive ketones (excluding diaryl/α,β-unsaturated/α-hetero) is 1. The molecule has 1 aliphatic heterocycles. The minimum atomic E-state index is -1.60. The summed E-state index contributed by atoms with van der Waals surface area (Å²) in [6.45, 7) is 3.97. The van der Waals surface area contributed by atoms with Crippen molar-refractivity contribution in [1.82, 2.24) is 0 Å². The molecule has 5 heteroatoms. The van der Waals surface area contributed by atoms with Crippen LogP contribution in [0, 0.1) is 33.5 Å². The molecule has 0 saturated carbocycles. The van der Waals surface area contributed by atoms with E-state index in [1.54, 1.807) is 31.4 Å². The fraction of sp³-hybridized carbons (Fsp3) is 0.421. The minimum Gasteiger partial charge on any atom is -0.497 e. The highest BCUT2D eigenvalue weighted by Gasteiger charge is 2.57. The molecule has 1 atom stereocenters. The average molecular weight is 322 g/mol. The van der Waals surface area contributed by atoms with E-state index < -0.39 is 11.5 Å². The van der Waals surface area contributed by atoms with Crippen LogP contribution >= 0.6 is 0 Å². The summed E-state index contributed by atoms with van der Waals surface area (Å²) in [5, 5.41) is 19.5. The minimum absolute atomic E-state index is 0.166. The van der Waals surface area contributed by atoms with Crippen LogP contribution in [0.3, 0.4) is 0 Å². The second-order valence-corrected chi connectivity index (χ2v) is 7.04. The molecule has 1 heterocycles. The molecule has 5 nitrogen and oxygen atoms in total. The molecule has 1 unspecified atom stereocenters. The highest BCUT2D eigenvalue weighted by atomic mass is 16.5. The van der Waals surface area contributed by atoms with E-state index in [0.29, 0.717) is 29.9 Å². The van der Waals surface area contributed by atoms with Gasteiger partial charge in [0.1, 0.15) is 11.5 Å². The summed E-state index contributed by atoms with van der Waals surface area (Å²) < 4.78 is 11.1. The smallest absolute Gasteiger partial charge is 0.215 e. The lowest BCUT2D eigenvalue weighted by atomic mass is 9.68. The predicted molar refractivity (Wildman–Crippen MR) is 85.5 cm³/mol. The van der Waals surface area contributed by atoms with Gasteiger partial charge in [0.15, 0.2) is 11.9 Å². The first-order chi connectivity index (χ1) is 11.4. The average Bonchev–Trinajstić information content (AvgIpc) is 2.88. The van der Waals surface area contributed by atoms with E-state index in [2.05, 4.69) is 12.1 Å². The maximum atomic E-state index is 12.6. The molecule has 0 spiro atoms. The molecule has 3 rings (SSSR count). The standard InChI is InChI=1S/C19H18N2O3/c1-18(2)8-14(22)16-15(9-18)24-17(19(16,10-20)11-21)12-4-6-13(23-3)7-5-12/h4-7,17H,8-9H2,1-3H3. The topological polar surface area (TPSA) is 83.1 Å². The van der Waals surface area contributed by atoms with Crippen LogP contribution in [0.15, 0.2) is 35.6 Å². The molecule has 1 aromatic rings. The Morgan fingerprint density at radius 1 is 1.17 bits per heavy atom. The number of carbonyl (C=O) groups is 1. The van der Waals surface area contributed by atoms with Gasteiger partial charge in [-0.15, -0.1) is 0 Å². The van der Waals surface area contributed by atoms with E-state index in [4.69, 9.17) is 9.47 Å². The van der Waals surface area contributed by atoms with Crippen LogP contribution in [-0.4, -0.2) is 12.9 Å². The molecular weight excluding hydrogens is 304 g/mol. The molecular formula is C19H18N2O3. The molecule has 0 aromatic heterocycles. The molecule has 0 amide bonds. The summed E-state index contributed by atoms with van der Waals surface area (Å²) >= 11 is 0. The van der Waals surface area contributed by atoms with E-state index >= 15 is 0 Å². The van der Waals surface area contributed by atoms with Crippen LogP contribution in [-0.2, 0) is 9.53 Å². The number of ketones is 1. The van der Waals surface area contributed by atoms with Crippen molar-refractivity contribution in [3.63, 3.8) is 0 Å². The van der Waals surface area contributed by atoms with Crippen molar-refractivity contribution in [2.75, 3.05) is 7.11 Å². The van der Waals surface area contributed by atoms with Crippen LogP contribution in [0.5, 0.6) is 5.75 Å². The van der Waals surface area contributed by atoms with Gasteiger partial charge in [-0.2, -0.15) is 10.5 Å². The predicted octanol–water partition coefficient (Wildman–Crippen LogP) is 3.44. The van der Waals surface area contributed by atoms with E-state index in [0.717, 1.165) is 0 Å². The van der Waals surface area contributed by atoms with E-state index in [1.807, 2.05) is 13.8 Å². The van der Waals surface area contributed by atoms with Crippen LogP contribution in [0.25, 0.3) is 0 Å². The first-order valence-electron chi connectivity index (χ1n) is 7.77. The quantitative estimate of drug-likeness (QED) is 0.833. The number of allylic oxidation sites excluding steroid dienone is 1. The number of benzene rings is 1. The van der Waals surface area contributed by atoms with Crippen LogP contribution < -0.4 is 4.74 Å². The normalized spacial score (nSPS) is 23.7. The number of nitrogens with zero attached hydrogens (tertiary/aromatic N) is 2. The molecule has 0 saturated heterocycles. The van der Waals surface area contributed by atoms with Gasteiger partial charge in [0.05, 0.1) is 24.8 Å². The van der Waals surface area contributed by atoms with E-state index in [9.17, 15) is 15.3 Å². The highest BCUT2D eigenvalue weighted by molar-refractivity contribution is 6.00. The van der Waals surface area contributed by atoms with Gasteiger partial charge >= 0.3 is 0 Å². The summed E-state index contributed by atoms with van der Waals surface area (Å²) in [6.07, 6.45) is 0.0582. The molecule has 0 bridgehead atoms. The summed E-state index contributed by atoms with van der Waals surface area (Å²) in [4.78, 5) is 12.6. The molecule has 2 aliphatic rings. The van der Waals surface area contributed by atoms with Gasteiger partial charge in [-0.05, 0) is 23.1 Å². The Kier molecular flexibility index (Phi) is 3.61. The Labute approximate surface area is 141 Å². The van der Waals surface area contributed by atoms with Gasteiger partial charge < -0.3 is 9.47 Å². The molecule has 0 fully saturated rings. The van der Waals surface area contributed by atoms with Crippen molar-refractivity contribution in [2.45, 2.75) is 32.8 Å². The van der Waals surface area contributed by atoms with Crippen LogP contribution in [0.4, 0.5) is 0 Å². The number of hydrogen-bond acceptors (Lipinski definition) is 5. The number of rotatable bonds is 2. The highest BCUT2D eigenvalue weighted by Crippen LogP contribution is 2.56. The first-order valence-corrected chi connectivity index (χ1v) is 7.77. The fourth-order valence-electron chi connectivity index (χ4n) is 3.52. The number of nitriles is 2. The molecule has 1 aromatic carbocycles. The van der Waals surface area contributed by atoms with Crippen molar-refractivity contribution in [2.24, 2.45) is 10.8 Å². The SMILES string of the molecule is COc1ccc(C2OC3=C(C(=O)CC(C)(C)C3)C2(C#N)C#N)cc1. The lowest BCUT2D eigenvalue weighted by molar-refractivity contribution is -0.118. The largest absolute Gasteiger partial charge is 0.497 e. The number of methoxy groups -OCH3 is 1. The number of hydrogen-bond donors (Lipinski definition) is 0. The number of carbonyl (C=O) groups excluding carboxylic acids is 1. The van der Waals surface area contributed by atoms with Crippen molar-refractivity contribution in [3.8, 4) is 17.9 Å². The monoisotopic (exact) mass is 322 g/mol. The molecule has 0 N–H and O–H groups in total. The Hall–Kier alpha value is -2.79. The molecule has 24 heavy (non-hydrogen) atoms. The molecule has 1 aliphatic carbocycles. The Balaban J connectivity index is 2.09. The van der Waals surface area contributed by atoms with E-state index in [1.165, 1.54) is 0 Å². The third kappa shape index (κ3) is 2.25. The zero-order valence-corrected chi connectivity index (χ0v) is 13.9. The maximum Gasteiger partial charge on any atom is 0.215 e. The van der Waals surface area contributed by atoms with Crippen molar-refractivity contribution in [3.05, 3.63) is 41.2 Å². The number of ether oxygens (including phenoxy) is 2. The van der Waals surface area contributed by atoms with Gasteiger partial charge in [0.2, 0.25) is 5.41 Å². The van der Waals surface area contributed by atoms with Gasteiger partial charge in [0, 0.05) is 12.8 Å². The van der Waals surface area contributed by atoms with Gasteiger partial charge in [0.25, 0.3) is 0 Å². The second kappa shape index (κ2) is 5.39. The second-order valence-electron chi connectivity index (χ2n) is 7.04.